The second kappa shape index (κ2) is 14.5. The minimum Gasteiger partial charge on any atom is -0.357 e. The minimum atomic E-state index is -3.09. The van der Waals surface area contributed by atoms with Gasteiger partial charge in [-0.25, -0.2) is 13.1 Å². The first-order valence-corrected chi connectivity index (χ1v) is 9.56. The van der Waals surface area contributed by atoms with Crippen LogP contribution in [0.25, 0.3) is 0 Å². The lowest BCUT2D eigenvalue weighted by Crippen LogP contribution is -2.38. The molecule has 0 aromatic rings. The topological polar surface area (TPSA) is 82.6 Å². The quantitative estimate of drug-likeness (QED) is 0.195. The molecule has 6 nitrogen and oxygen atoms in total. The fraction of sp³-hybridized carbons (Fsp3) is 0.929. The van der Waals surface area contributed by atoms with Crippen molar-refractivity contribution in [1.29, 1.82) is 0 Å². The molecule has 0 radical (unpaired) electrons. The van der Waals surface area contributed by atoms with Crippen LogP contribution in [0, 0.1) is 5.92 Å². The van der Waals surface area contributed by atoms with Crippen LogP contribution in [0.4, 0.5) is 0 Å². The zero-order valence-corrected chi connectivity index (χ0v) is 17.5. The highest BCUT2D eigenvalue weighted by Gasteiger charge is 2.04. The second-order valence-corrected chi connectivity index (χ2v) is 7.47. The van der Waals surface area contributed by atoms with Crippen molar-refractivity contribution in [3.8, 4) is 0 Å². The number of nitrogens with one attached hydrogen (secondary N) is 3. The highest BCUT2D eigenvalue weighted by Crippen LogP contribution is 2.01. The fourth-order valence-corrected chi connectivity index (χ4v) is 2.32. The van der Waals surface area contributed by atoms with E-state index in [0.717, 1.165) is 31.4 Å². The van der Waals surface area contributed by atoms with Gasteiger partial charge in [0, 0.05) is 26.2 Å². The van der Waals surface area contributed by atoms with Crippen molar-refractivity contribution in [1.82, 2.24) is 15.4 Å². The molecule has 22 heavy (non-hydrogen) atoms. The van der Waals surface area contributed by atoms with Crippen molar-refractivity contribution in [2.75, 3.05) is 31.9 Å². The average Bonchev–Trinajstić information content (AvgIpc) is 2.42. The van der Waals surface area contributed by atoms with E-state index in [-0.39, 0.29) is 29.7 Å². The Hall–Kier alpha value is -0.0900. The van der Waals surface area contributed by atoms with Crippen LogP contribution < -0.4 is 15.4 Å². The molecule has 0 aliphatic carbocycles. The van der Waals surface area contributed by atoms with E-state index in [4.69, 9.17) is 0 Å². The summed E-state index contributed by atoms with van der Waals surface area (Å²) in [5.41, 5.74) is 0. The third kappa shape index (κ3) is 14.8. The summed E-state index contributed by atoms with van der Waals surface area (Å²) in [6.07, 6.45) is 3.02. The summed E-state index contributed by atoms with van der Waals surface area (Å²) in [6, 6.07) is 0. The first-order valence-electron chi connectivity index (χ1n) is 7.90. The number of hydrogen-bond acceptors (Lipinski definition) is 3. The van der Waals surface area contributed by atoms with Gasteiger partial charge in [0.05, 0.1) is 5.75 Å². The molecule has 0 heterocycles. The lowest BCUT2D eigenvalue weighted by Gasteiger charge is -2.12. The van der Waals surface area contributed by atoms with Gasteiger partial charge in [-0.05, 0) is 39.0 Å². The third-order valence-electron chi connectivity index (χ3n) is 2.90. The van der Waals surface area contributed by atoms with Gasteiger partial charge >= 0.3 is 0 Å². The van der Waals surface area contributed by atoms with Gasteiger partial charge in [0.2, 0.25) is 10.0 Å². The maximum absolute atomic E-state index is 11.3. The van der Waals surface area contributed by atoms with E-state index in [1.54, 1.807) is 6.92 Å². The second-order valence-electron chi connectivity index (χ2n) is 5.37. The van der Waals surface area contributed by atoms with Crippen LogP contribution in [0.15, 0.2) is 4.99 Å². The number of nitrogens with zero attached hydrogens (tertiary/aromatic N) is 1. The largest absolute Gasteiger partial charge is 0.357 e. The first-order chi connectivity index (χ1) is 9.91. The molecule has 8 heteroatoms. The Balaban J connectivity index is 0. The van der Waals surface area contributed by atoms with E-state index in [1.165, 1.54) is 6.42 Å². The van der Waals surface area contributed by atoms with Crippen molar-refractivity contribution < 1.29 is 8.42 Å². The van der Waals surface area contributed by atoms with Crippen molar-refractivity contribution in [2.45, 2.75) is 47.0 Å². The minimum absolute atomic E-state index is 0. The van der Waals surface area contributed by atoms with Crippen LogP contribution >= 0.6 is 24.0 Å². The Kier molecular flexibility index (Phi) is 15.9. The number of rotatable bonds is 11. The lowest BCUT2D eigenvalue weighted by molar-refractivity contribution is 0.549. The van der Waals surface area contributed by atoms with E-state index in [9.17, 15) is 8.42 Å². The molecule has 0 amide bonds. The Bertz CT molecular complexity index is 386. The number of sulfonamides is 1. The van der Waals surface area contributed by atoms with E-state index in [1.807, 2.05) is 6.92 Å². The SMILES string of the molecule is CCNC(=NCCCNS(=O)(=O)CC)NCCCC(C)C.I. The Labute approximate surface area is 153 Å². The fourth-order valence-electron chi connectivity index (χ4n) is 1.66. The maximum atomic E-state index is 11.3. The van der Waals surface area contributed by atoms with E-state index < -0.39 is 10.0 Å². The van der Waals surface area contributed by atoms with Crippen molar-refractivity contribution >= 4 is 40.0 Å². The molecular weight excluding hydrogens is 415 g/mol. The van der Waals surface area contributed by atoms with E-state index in [0.29, 0.717) is 19.5 Å². The van der Waals surface area contributed by atoms with Gasteiger partial charge in [0.15, 0.2) is 5.96 Å². The molecule has 134 valence electrons. The Morgan fingerprint density at radius 2 is 1.77 bits per heavy atom. The molecule has 3 N–H and O–H groups in total. The van der Waals surface area contributed by atoms with Gasteiger partial charge < -0.3 is 10.6 Å². The van der Waals surface area contributed by atoms with Crippen LogP contribution in [-0.4, -0.2) is 46.3 Å². The molecule has 0 aromatic carbocycles. The molecule has 0 bridgehead atoms. The molecule has 0 fully saturated rings. The molecule has 0 rings (SSSR count). The van der Waals surface area contributed by atoms with Gasteiger partial charge in [0.1, 0.15) is 0 Å². The number of aliphatic imine (C=N–C) groups is 1. The van der Waals surface area contributed by atoms with Gasteiger partial charge in [-0.1, -0.05) is 13.8 Å². The van der Waals surface area contributed by atoms with E-state index >= 15 is 0 Å². The summed E-state index contributed by atoms with van der Waals surface area (Å²) in [5.74, 6) is 1.65. The standard InChI is InChI=1S/C14H32N4O2S.HI/c1-5-15-14(16-10-7-9-13(3)4)17-11-8-12-18-21(19,20)6-2;/h13,18H,5-12H2,1-4H3,(H2,15,16,17);1H. The predicted octanol–water partition coefficient (Wildman–Crippen LogP) is 1.93. The van der Waals surface area contributed by atoms with Gasteiger partial charge in [-0.2, -0.15) is 0 Å². The smallest absolute Gasteiger partial charge is 0.211 e. The average molecular weight is 448 g/mol. The number of guanidine groups is 1. The van der Waals surface area contributed by atoms with Crippen LogP contribution in [0.3, 0.4) is 0 Å². The van der Waals surface area contributed by atoms with Crippen LogP contribution in [0.1, 0.15) is 47.0 Å². The summed E-state index contributed by atoms with van der Waals surface area (Å²) in [5, 5.41) is 6.48. The molecule has 0 spiro atoms. The Morgan fingerprint density at radius 3 is 2.32 bits per heavy atom. The van der Waals surface area contributed by atoms with E-state index in [2.05, 4.69) is 34.2 Å². The van der Waals surface area contributed by atoms with Crippen molar-refractivity contribution in [3.05, 3.63) is 0 Å². The molecule has 0 atom stereocenters. The molecule has 0 aliphatic rings. The molecule has 0 saturated carbocycles. The lowest BCUT2D eigenvalue weighted by atomic mass is 10.1. The van der Waals surface area contributed by atoms with Gasteiger partial charge in [-0.3, -0.25) is 4.99 Å². The van der Waals surface area contributed by atoms with Crippen LogP contribution in [0.5, 0.6) is 0 Å². The highest BCUT2D eigenvalue weighted by molar-refractivity contribution is 14.0. The number of halogens is 1. The third-order valence-corrected chi connectivity index (χ3v) is 4.31. The molecule has 0 unspecified atom stereocenters. The van der Waals surface area contributed by atoms with Crippen LogP contribution in [0.2, 0.25) is 0 Å². The first kappa shape index (κ1) is 24.2. The molecule has 0 saturated heterocycles. The molecular formula is C14H33IN4O2S. The Morgan fingerprint density at radius 1 is 1.09 bits per heavy atom. The predicted molar refractivity (Wildman–Crippen MR) is 106 cm³/mol. The molecule has 0 aliphatic heterocycles. The van der Waals surface area contributed by atoms with Crippen molar-refractivity contribution in [3.63, 3.8) is 0 Å². The summed E-state index contributed by atoms with van der Waals surface area (Å²) in [4.78, 5) is 4.44. The summed E-state index contributed by atoms with van der Waals surface area (Å²) in [7, 11) is -3.09. The maximum Gasteiger partial charge on any atom is 0.211 e. The zero-order chi connectivity index (χ0) is 16.1. The van der Waals surface area contributed by atoms with Crippen molar-refractivity contribution in [2.24, 2.45) is 10.9 Å². The van der Waals surface area contributed by atoms with Crippen LogP contribution in [-0.2, 0) is 10.0 Å². The normalized spacial score (nSPS) is 12.1. The van der Waals surface area contributed by atoms with Gasteiger partial charge in [-0.15, -0.1) is 24.0 Å². The monoisotopic (exact) mass is 448 g/mol. The van der Waals surface area contributed by atoms with Gasteiger partial charge in [0.25, 0.3) is 0 Å². The molecule has 0 aromatic heterocycles. The zero-order valence-electron chi connectivity index (χ0n) is 14.3. The number of hydrogen-bond donors (Lipinski definition) is 3. The summed E-state index contributed by atoms with van der Waals surface area (Å²) in [6.45, 7) is 10.9. The summed E-state index contributed by atoms with van der Waals surface area (Å²) >= 11 is 0. The summed E-state index contributed by atoms with van der Waals surface area (Å²) < 4.78 is 25.1. The highest BCUT2D eigenvalue weighted by atomic mass is 127.